The Bertz CT molecular complexity index is 1770. The molecule has 0 bridgehead atoms. The van der Waals surface area contributed by atoms with Gasteiger partial charge in [0.2, 0.25) is 0 Å². The number of hydrogen-bond acceptors (Lipinski definition) is 2. The number of benzene rings is 6. The minimum Gasteiger partial charge on any atom is -0.306 e. The SMILES string of the molecule is O=C(N=S(c1ccccc1)c1ccccc1)Nc1ccc(Cc2ccc(NC(=O)N=S(c3ccccc3)c3ccccc3)cc2)cc1. The second-order valence-electron chi connectivity index (χ2n) is 10.4. The third-order valence-electron chi connectivity index (χ3n) is 7.03. The minimum absolute atomic E-state index is 0.391. The Morgan fingerprint density at radius 2 is 0.681 bits per heavy atom. The van der Waals surface area contributed by atoms with E-state index in [-0.39, 0.29) is 0 Å². The summed E-state index contributed by atoms with van der Waals surface area (Å²) in [5.74, 6) is 0. The van der Waals surface area contributed by atoms with E-state index in [1.165, 1.54) is 0 Å². The van der Waals surface area contributed by atoms with Gasteiger partial charge in [-0.15, -0.1) is 0 Å². The quantitative estimate of drug-likeness (QED) is 0.172. The molecule has 6 aromatic rings. The summed E-state index contributed by atoms with van der Waals surface area (Å²) in [4.78, 5) is 29.8. The molecule has 0 unspecified atom stereocenters. The summed E-state index contributed by atoms with van der Waals surface area (Å²) in [6, 6.07) is 54.1. The molecule has 0 radical (unpaired) electrons. The van der Waals surface area contributed by atoms with Crippen molar-refractivity contribution in [3.05, 3.63) is 181 Å². The summed E-state index contributed by atoms with van der Waals surface area (Å²) in [5.41, 5.74) is 3.54. The van der Waals surface area contributed by atoms with Crippen LogP contribution in [0.25, 0.3) is 0 Å². The van der Waals surface area contributed by atoms with Crippen LogP contribution in [0, 0.1) is 0 Å². The first-order valence-electron chi connectivity index (χ1n) is 15.0. The minimum atomic E-state index is -0.732. The van der Waals surface area contributed by atoms with Gasteiger partial charge in [-0.1, -0.05) is 97.1 Å². The fourth-order valence-corrected chi connectivity index (χ4v) is 7.84. The molecule has 232 valence electrons. The Hall–Kier alpha value is -5.44. The van der Waals surface area contributed by atoms with E-state index in [4.69, 9.17) is 0 Å². The smallest absolute Gasteiger partial charge is 0.306 e. The molecule has 0 aromatic heterocycles. The van der Waals surface area contributed by atoms with Crippen LogP contribution in [0.3, 0.4) is 0 Å². The molecule has 0 aliphatic rings. The third kappa shape index (κ3) is 8.85. The summed E-state index contributed by atoms with van der Waals surface area (Å²) in [7, 11) is -1.46. The highest BCUT2D eigenvalue weighted by Crippen LogP contribution is 2.22. The molecule has 8 heteroatoms. The van der Waals surface area contributed by atoms with Crippen molar-refractivity contribution in [2.24, 2.45) is 8.73 Å². The molecule has 0 atom stereocenters. The van der Waals surface area contributed by atoms with Crippen LogP contribution >= 0.6 is 0 Å². The molecule has 47 heavy (non-hydrogen) atoms. The van der Waals surface area contributed by atoms with Gasteiger partial charge in [-0.3, -0.25) is 0 Å². The molecule has 0 aliphatic carbocycles. The van der Waals surface area contributed by atoms with Gasteiger partial charge in [0.15, 0.2) is 0 Å². The second kappa shape index (κ2) is 15.7. The summed E-state index contributed by atoms with van der Waals surface area (Å²) in [6.45, 7) is 0. The number of urea groups is 2. The number of rotatable bonds is 8. The van der Waals surface area contributed by atoms with Crippen LogP contribution in [-0.4, -0.2) is 12.1 Å². The monoisotopic (exact) mass is 652 g/mol. The van der Waals surface area contributed by atoms with Crippen LogP contribution in [0.15, 0.2) is 198 Å². The van der Waals surface area contributed by atoms with Crippen LogP contribution in [0.5, 0.6) is 0 Å². The molecule has 6 aromatic carbocycles. The van der Waals surface area contributed by atoms with E-state index in [0.717, 1.165) is 30.7 Å². The van der Waals surface area contributed by atoms with E-state index in [0.29, 0.717) is 17.8 Å². The Labute approximate surface area is 279 Å². The third-order valence-corrected chi connectivity index (χ3v) is 10.6. The zero-order valence-corrected chi connectivity index (χ0v) is 27.0. The van der Waals surface area contributed by atoms with Crippen LogP contribution in [-0.2, 0) is 27.8 Å². The lowest BCUT2D eigenvalue weighted by atomic mass is 10.0. The van der Waals surface area contributed by atoms with E-state index in [1.807, 2.05) is 170 Å². The molecule has 2 N–H and O–H groups in total. The van der Waals surface area contributed by atoms with Crippen LogP contribution in [0.2, 0.25) is 0 Å². The van der Waals surface area contributed by atoms with Gasteiger partial charge in [0.25, 0.3) is 0 Å². The number of amides is 4. The van der Waals surface area contributed by atoms with Gasteiger partial charge in [0.1, 0.15) is 0 Å². The number of carbonyl (C=O) groups excluding carboxylic acids is 2. The standard InChI is InChI=1S/C39H32N4O2S2/c44-38(42-46(34-13-5-1-6-14-34)35-15-7-2-8-16-35)40-32-25-21-30(22-26-32)29-31-23-27-33(28-24-31)41-39(45)43-47(36-17-9-3-10-18-36)37-19-11-4-12-20-37/h1-28H,29H2,(H,40,44)(H,41,45). The fourth-order valence-electron chi connectivity index (χ4n) is 4.79. The maximum absolute atomic E-state index is 13.0. The second-order valence-corrected chi connectivity index (χ2v) is 13.8. The van der Waals surface area contributed by atoms with Crippen molar-refractivity contribution >= 4 is 44.8 Å². The predicted octanol–water partition coefficient (Wildman–Crippen LogP) is 10.2. The predicted molar refractivity (Wildman–Crippen MR) is 192 cm³/mol. The number of anilines is 2. The fraction of sp³-hybridized carbons (Fsp3) is 0.0256. The van der Waals surface area contributed by atoms with Crippen molar-refractivity contribution < 1.29 is 9.59 Å². The van der Waals surface area contributed by atoms with Gasteiger partial charge >= 0.3 is 12.1 Å². The Morgan fingerprint density at radius 3 is 0.957 bits per heavy atom. The first kappa shape index (κ1) is 31.5. The maximum atomic E-state index is 13.0. The van der Waals surface area contributed by atoms with Crippen molar-refractivity contribution in [1.29, 1.82) is 0 Å². The van der Waals surface area contributed by atoms with Gasteiger partial charge in [-0.25, -0.2) is 9.59 Å². The van der Waals surface area contributed by atoms with Gasteiger partial charge in [0.05, 0.1) is 0 Å². The largest absolute Gasteiger partial charge is 0.352 e. The number of carbonyl (C=O) groups is 2. The van der Waals surface area contributed by atoms with Crippen molar-refractivity contribution in [3.8, 4) is 0 Å². The van der Waals surface area contributed by atoms with E-state index in [9.17, 15) is 9.59 Å². The molecule has 6 nitrogen and oxygen atoms in total. The summed E-state index contributed by atoms with van der Waals surface area (Å²) in [5, 5.41) is 5.83. The Kier molecular flexibility index (Phi) is 10.5. The van der Waals surface area contributed by atoms with Crippen LogP contribution in [0.1, 0.15) is 11.1 Å². The molecule has 4 amide bonds. The Morgan fingerprint density at radius 1 is 0.404 bits per heavy atom. The van der Waals surface area contributed by atoms with Gasteiger partial charge in [0, 0.05) is 31.0 Å². The number of hydrogen-bond donors (Lipinski definition) is 2. The average molecular weight is 653 g/mol. The Balaban J connectivity index is 1.08. The van der Waals surface area contributed by atoms with Crippen molar-refractivity contribution in [2.45, 2.75) is 26.0 Å². The summed E-state index contributed by atoms with van der Waals surface area (Å²) >= 11 is 0. The van der Waals surface area contributed by atoms with E-state index in [2.05, 4.69) is 19.4 Å². The van der Waals surface area contributed by atoms with E-state index < -0.39 is 33.4 Å². The van der Waals surface area contributed by atoms with Crippen molar-refractivity contribution in [2.75, 3.05) is 10.6 Å². The van der Waals surface area contributed by atoms with Crippen molar-refractivity contribution in [3.63, 3.8) is 0 Å². The number of nitrogens with zero attached hydrogens (tertiary/aromatic N) is 2. The van der Waals surface area contributed by atoms with Gasteiger partial charge in [-0.05, 0) is 112 Å². The molecule has 0 aliphatic heterocycles. The van der Waals surface area contributed by atoms with Crippen molar-refractivity contribution in [1.82, 2.24) is 0 Å². The first-order valence-corrected chi connectivity index (χ1v) is 17.4. The van der Waals surface area contributed by atoms with Crippen LogP contribution in [0.4, 0.5) is 21.0 Å². The van der Waals surface area contributed by atoms with E-state index >= 15 is 0 Å². The molecule has 0 heterocycles. The molecule has 0 fully saturated rings. The van der Waals surface area contributed by atoms with Gasteiger partial charge < -0.3 is 10.6 Å². The van der Waals surface area contributed by atoms with Crippen LogP contribution < -0.4 is 10.6 Å². The topological polar surface area (TPSA) is 82.9 Å². The molecular weight excluding hydrogens is 621 g/mol. The summed E-state index contributed by atoms with van der Waals surface area (Å²) in [6.07, 6.45) is 0.703. The number of nitrogens with one attached hydrogen (secondary N) is 2. The molecule has 0 spiro atoms. The average Bonchev–Trinajstić information content (AvgIpc) is 3.13. The van der Waals surface area contributed by atoms with E-state index in [1.54, 1.807) is 0 Å². The molecule has 6 rings (SSSR count). The normalized spacial score (nSPS) is 10.8. The highest BCUT2D eigenvalue weighted by Gasteiger charge is 2.10. The highest BCUT2D eigenvalue weighted by atomic mass is 32.2. The lowest BCUT2D eigenvalue weighted by Gasteiger charge is -2.10. The first-order chi connectivity index (χ1) is 23.1. The zero-order chi connectivity index (χ0) is 32.3. The zero-order valence-electron chi connectivity index (χ0n) is 25.4. The molecule has 0 saturated carbocycles. The molecule has 0 saturated heterocycles. The molecular formula is C39H32N4O2S2. The maximum Gasteiger partial charge on any atom is 0.352 e. The lowest BCUT2D eigenvalue weighted by molar-refractivity contribution is 0.259. The lowest BCUT2D eigenvalue weighted by Crippen LogP contribution is -2.08. The highest BCUT2D eigenvalue weighted by molar-refractivity contribution is 7.88. The summed E-state index contributed by atoms with van der Waals surface area (Å²) < 4.78 is 9.04. The van der Waals surface area contributed by atoms with Gasteiger partial charge in [-0.2, -0.15) is 8.73 Å².